The van der Waals surface area contributed by atoms with E-state index < -0.39 is 33.7 Å². The van der Waals surface area contributed by atoms with Crippen molar-refractivity contribution in [1.82, 2.24) is 25.3 Å². The fourth-order valence-electron chi connectivity index (χ4n) is 3.05. The molecule has 10 nitrogen and oxygen atoms in total. The van der Waals surface area contributed by atoms with Crippen LogP contribution in [0.1, 0.15) is 46.1 Å². The van der Waals surface area contributed by atoms with E-state index in [4.69, 9.17) is 0 Å². The number of nitrogens with one attached hydrogen (secondary N) is 2. The number of rotatable bonds is 12. The third kappa shape index (κ3) is 9.53. The summed E-state index contributed by atoms with van der Waals surface area (Å²) in [6.45, 7) is 7.55. The first-order chi connectivity index (χ1) is 14.5. The van der Waals surface area contributed by atoms with Gasteiger partial charge in [-0.25, -0.2) is 23.9 Å². The number of hydrogen-bond donors (Lipinski definition) is 3. The van der Waals surface area contributed by atoms with Gasteiger partial charge in [-0.15, -0.1) is 4.41 Å². The normalized spacial score (nSPS) is 14.2. The second-order valence-electron chi connectivity index (χ2n) is 8.29. The Kier molecular flexibility index (Phi) is 10.7. The van der Waals surface area contributed by atoms with Gasteiger partial charge in [0.1, 0.15) is 6.33 Å². The second-order valence-corrected chi connectivity index (χ2v) is 10.2. The topological polar surface area (TPSA) is 142 Å². The fourth-order valence-corrected chi connectivity index (χ4v) is 3.87. The summed E-state index contributed by atoms with van der Waals surface area (Å²) in [4.78, 5) is 33.3. The van der Waals surface area contributed by atoms with Gasteiger partial charge in [-0.2, -0.15) is 0 Å². The molecule has 0 bridgehead atoms. The van der Waals surface area contributed by atoms with E-state index in [0.29, 0.717) is 6.42 Å². The highest BCUT2D eigenvalue weighted by Crippen LogP contribution is 2.25. The van der Waals surface area contributed by atoms with E-state index in [9.17, 15) is 23.2 Å². The molecule has 0 aliphatic rings. The molecule has 2 amide bonds. The first-order valence-electron chi connectivity index (χ1n) is 10.1. The molecule has 0 aliphatic heterocycles. The summed E-state index contributed by atoms with van der Waals surface area (Å²) in [5, 5.41) is 9.23. The van der Waals surface area contributed by atoms with Crippen molar-refractivity contribution in [2.75, 3.05) is 12.8 Å². The summed E-state index contributed by atoms with van der Waals surface area (Å²) in [6.07, 6.45) is 9.48. The van der Waals surface area contributed by atoms with Crippen LogP contribution in [0.2, 0.25) is 0 Å². The highest BCUT2D eigenvalue weighted by atomic mass is 32.2. The van der Waals surface area contributed by atoms with Crippen LogP contribution >= 0.6 is 0 Å². The van der Waals surface area contributed by atoms with E-state index in [1.807, 2.05) is 27.7 Å². The summed E-state index contributed by atoms with van der Waals surface area (Å²) in [5.74, 6) is -3.05. The largest absolute Gasteiger partial charge is 0.289 e. The van der Waals surface area contributed by atoms with Crippen LogP contribution in [-0.2, 0) is 19.6 Å². The summed E-state index contributed by atoms with van der Waals surface area (Å²) >= 11 is 0. The summed E-state index contributed by atoms with van der Waals surface area (Å²) in [5.41, 5.74) is 4.81. The second kappa shape index (κ2) is 12.5. The van der Waals surface area contributed by atoms with E-state index in [1.165, 1.54) is 6.33 Å². The molecule has 1 rings (SSSR count). The number of allylic oxidation sites excluding steroid dienone is 1. The maximum absolute atomic E-state index is 13.1. The number of amides is 2. The van der Waals surface area contributed by atoms with Crippen LogP contribution in [0, 0.1) is 23.7 Å². The van der Waals surface area contributed by atoms with Crippen molar-refractivity contribution in [3.63, 3.8) is 0 Å². The number of aromatic nitrogens is 2. The van der Waals surface area contributed by atoms with Gasteiger partial charge in [0.25, 0.3) is 0 Å². The molecule has 1 heterocycles. The third-order valence-corrected chi connectivity index (χ3v) is 5.48. The molecular formula is C20H33N5O5S. The van der Waals surface area contributed by atoms with Crippen LogP contribution in [0.5, 0.6) is 0 Å². The first kappa shape index (κ1) is 26.7. The predicted molar refractivity (Wildman–Crippen MR) is 117 cm³/mol. The van der Waals surface area contributed by atoms with Gasteiger partial charge in [-0.05, 0) is 24.7 Å². The molecule has 1 aromatic heterocycles. The van der Waals surface area contributed by atoms with Gasteiger partial charge in [-0.3, -0.25) is 20.2 Å². The summed E-state index contributed by atoms with van der Waals surface area (Å²) in [7, 11) is -3.70. The van der Waals surface area contributed by atoms with E-state index >= 15 is 0 Å². The van der Waals surface area contributed by atoms with Gasteiger partial charge in [-0.1, -0.05) is 39.8 Å². The van der Waals surface area contributed by atoms with Crippen LogP contribution < -0.4 is 10.9 Å². The number of carbonyl (C=O) groups is 2. The van der Waals surface area contributed by atoms with Crippen molar-refractivity contribution >= 4 is 27.9 Å². The average molecular weight is 456 g/mol. The molecule has 0 aromatic carbocycles. The lowest BCUT2D eigenvalue weighted by Crippen LogP contribution is -2.51. The van der Waals surface area contributed by atoms with Crippen LogP contribution in [0.15, 0.2) is 24.8 Å². The van der Waals surface area contributed by atoms with Crippen LogP contribution in [0.4, 0.5) is 0 Å². The molecule has 174 valence electrons. The molecule has 0 saturated carbocycles. The van der Waals surface area contributed by atoms with Gasteiger partial charge in [0.2, 0.25) is 21.8 Å². The molecule has 0 fully saturated rings. The van der Waals surface area contributed by atoms with E-state index in [1.54, 1.807) is 30.0 Å². The number of sulfonamides is 1. The van der Waals surface area contributed by atoms with Gasteiger partial charge < -0.3 is 0 Å². The van der Waals surface area contributed by atoms with Crippen LogP contribution in [0.3, 0.4) is 0 Å². The summed E-state index contributed by atoms with van der Waals surface area (Å²) in [6, 6.07) is 0. The Balaban J connectivity index is 3.14. The zero-order valence-corrected chi connectivity index (χ0v) is 19.5. The molecule has 31 heavy (non-hydrogen) atoms. The quantitative estimate of drug-likeness (QED) is 0.321. The van der Waals surface area contributed by atoms with Gasteiger partial charge in [0.15, 0.2) is 0 Å². The minimum atomic E-state index is -3.70. The number of hydrogen-bond acceptors (Lipinski definition) is 7. The highest BCUT2D eigenvalue weighted by molar-refractivity contribution is 7.88. The fraction of sp³-hybridized carbons (Fsp3) is 0.600. The molecule has 0 radical (unpaired) electrons. The van der Waals surface area contributed by atoms with Crippen LogP contribution in [0.25, 0.3) is 6.08 Å². The molecule has 1 aromatic rings. The molecule has 3 N–H and O–H groups in total. The Morgan fingerprint density at radius 2 is 1.71 bits per heavy atom. The lowest BCUT2D eigenvalue weighted by atomic mass is 9.82. The molecule has 0 aliphatic carbocycles. The highest BCUT2D eigenvalue weighted by Gasteiger charge is 2.35. The number of hydrazine groups is 1. The molecule has 11 heteroatoms. The first-order valence-corrected chi connectivity index (χ1v) is 11.9. The Hall–Kier alpha value is -2.37. The number of hydroxylamine groups is 1. The maximum Gasteiger partial charge on any atom is 0.247 e. The van der Waals surface area contributed by atoms with Gasteiger partial charge >= 0.3 is 0 Å². The van der Waals surface area contributed by atoms with E-state index in [0.717, 1.165) is 16.2 Å². The van der Waals surface area contributed by atoms with Crippen LogP contribution in [-0.4, -0.2) is 52.6 Å². The Morgan fingerprint density at radius 1 is 1.10 bits per heavy atom. The average Bonchev–Trinajstić information content (AvgIpc) is 2.68. The molecule has 0 saturated heterocycles. The predicted octanol–water partition coefficient (Wildman–Crippen LogP) is 1.61. The monoisotopic (exact) mass is 455 g/mol. The molecular weight excluding hydrogens is 422 g/mol. The van der Waals surface area contributed by atoms with E-state index in [2.05, 4.69) is 15.4 Å². The number of nitrogens with zero attached hydrogens (tertiary/aromatic N) is 3. The van der Waals surface area contributed by atoms with Crippen molar-refractivity contribution < 1.29 is 23.2 Å². The molecule has 0 unspecified atom stereocenters. The SMILES string of the molecule is CC(C)C[C@@H](C(=O)NN(CC(C)C)S(C)(=O)=O)[C@H](C/C=C/c1cncnc1)C(=O)NO. The Labute approximate surface area is 184 Å². The van der Waals surface area contributed by atoms with Gasteiger partial charge in [0, 0.05) is 24.5 Å². The molecule has 2 atom stereocenters. The minimum absolute atomic E-state index is 0.0221. The van der Waals surface area contributed by atoms with Crippen molar-refractivity contribution in [3.05, 3.63) is 30.4 Å². The van der Waals surface area contributed by atoms with Crippen molar-refractivity contribution in [2.24, 2.45) is 23.7 Å². The Morgan fingerprint density at radius 3 is 2.19 bits per heavy atom. The standard InChI is InChI=1S/C20H33N5O5S/c1-14(2)9-18(19(26)23-25(12-15(3)4)31(5,29)30)17(20(27)24-28)8-6-7-16-10-21-13-22-11-16/h6-7,10-11,13-15,17-18,28H,8-9,12H2,1-5H3,(H,23,26)(H,24,27)/b7-6+/t17-,18+/m0/s1. The van der Waals surface area contributed by atoms with E-state index in [-0.39, 0.29) is 24.8 Å². The Bertz CT molecular complexity index is 843. The third-order valence-electron chi connectivity index (χ3n) is 4.44. The van der Waals surface area contributed by atoms with Crippen molar-refractivity contribution in [1.29, 1.82) is 0 Å². The molecule has 0 spiro atoms. The van der Waals surface area contributed by atoms with Crippen molar-refractivity contribution in [3.8, 4) is 0 Å². The zero-order chi connectivity index (χ0) is 23.6. The maximum atomic E-state index is 13.1. The summed E-state index contributed by atoms with van der Waals surface area (Å²) < 4.78 is 25.1. The lowest BCUT2D eigenvalue weighted by Gasteiger charge is -2.29. The van der Waals surface area contributed by atoms with Crippen molar-refractivity contribution in [2.45, 2.75) is 40.5 Å². The minimum Gasteiger partial charge on any atom is -0.289 e. The number of carbonyl (C=O) groups excluding carboxylic acids is 2. The lowest BCUT2D eigenvalue weighted by molar-refractivity contribution is -0.141. The zero-order valence-electron chi connectivity index (χ0n) is 18.6. The van der Waals surface area contributed by atoms with Gasteiger partial charge in [0.05, 0.1) is 18.1 Å². The smallest absolute Gasteiger partial charge is 0.247 e.